The van der Waals surface area contributed by atoms with Gasteiger partial charge < -0.3 is 4.98 Å². The molecule has 0 aliphatic rings. The molecule has 1 N–H and O–H groups in total. The molecule has 0 aliphatic heterocycles. The number of benzene rings is 2. The first-order chi connectivity index (χ1) is 10.7. The van der Waals surface area contributed by atoms with Gasteiger partial charge in [-0.2, -0.15) is 9.98 Å². The van der Waals surface area contributed by atoms with Gasteiger partial charge in [0.2, 0.25) is 12.2 Å². The second-order valence-corrected chi connectivity index (χ2v) is 4.30. The molecule has 22 heavy (non-hydrogen) atoms. The van der Waals surface area contributed by atoms with Crippen LogP contribution in [0.4, 0.5) is 11.4 Å². The summed E-state index contributed by atoms with van der Waals surface area (Å²) in [6, 6.07) is 12.8. The van der Waals surface area contributed by atoms with Crippen LogP contribution in [-0.2, 0) is 9.59 Å². The number of hydrogen-bond donors (Lipinski definition) is 1. The summed E-state index contributed by atoms with van der Waals surface area (Å²) in [7, 11) is 0. The topological polar surface area (TPSA) is 87.5 Å². The number of carbonyl (C=O) groups excluding carboxylic acids is 2. The van der Waals surface area contributed by atoms with Crippen LogP contribution >= 0.6 is 0 Å². The predicted octanol–water partition coefficient (Wildman–Crippen LogP) is 3.49. The van der Waals surface area contributed by atoms with Gasteiger partial charge in [-0.15, -0.1) is 0 Å². The van der Waals surface area contributed by atoms with Gasteiger partial charge in [-0.1, -0.05) is 18.2 Å². The molecule has 3 aromatic rings. The highest BCUT2D eigenvalue weighted by atomic mass is 16.1. The van der Waals surface area contributed by atoms with E-state index in [2.05, 4.69) is 20.0 Å². The van der Waals surface area contributed by atoms with Gasteiger partial charge >= 0.3 is 0 Å². The Hall–Kier alpha value is -3.33. The van der Waals surface area contributed by atoms with E-state index in [-0.39, 0.29) is 0 Å². The van der Waals surface area contributed by atoms with Crippen molar-refractivity contribution in [3.63, 3.8) is 0 Å². The molecule has 0 unspecified atom stereocenters. The number of hydrogen-bond acceptors (Lipinski definition) is 5. The fourth-order valence-electron chi connectivity index (χ4n) is 1.77. The van der Waals surface area contributed by atoms with Crippen LogP contribution in [0.25, 0.3) is 11.0 Å². The summed E-state index contributed by atoms with van der Waals surface area (Å²) in [5.74, 6) is 0. The molecule has 3 rings (SSSR count). The number of rotatable bonds is 2. The van der Waals surface area contributed by atoms with Gasteiger partial charge in [0.05, 0.1) is 28.7 Å². The standard InChI is InChI=1S/C9H6N2O2.C7H6N2/c1-7-2-3-8(10-5-12)4-9(7)11-6-13;1-2-4-7-6(3-1)8-5-9-7/h2-4H,1H3;1-5H,(H,8,9). The molecule has 0 fully saturated rings. The normalized spacial score (nSPS) is 9.14. The van der Waals surface area contributed by atoms with E-state index < -0.39 is 0 Å². The molecule has 1 heterocycles. The number of imidazole rings is 1. The van der Waals surface area contributed by atoms with E-state index in [1.54, 1.807) is 25.4 Å². The zero-order valence-corrected chi connectivity index (χ0v) is 11.8. The van der Waals surface area contributed by atoms with E-state index in [0.29, 0.717) is 11.4 Å². The number of aliphatic imine (C=N–C) groups is 2. The van der Waals surface area contributed by atoms with Crippen molar-refractivity contribution in [3.05, 3.63) is 54.4 Å². The van der Waals surface area contributed by atoms with E-state index in [9.17, 15) is 9.59 Å². The molecule has 108 valence electrons. The summed E-state index contributed by atoms with van der Waals surface area (Å²) in [5.41, 5.74) is 3.84. The van der Waals surface area contributed by atoms with Crippen molar-refractivity contribution in [1.29, 1.82) is 0 Å². The third-order valence-electron chi connectivity index (χ3n) is 2.86. The van der Waals surface area contributed by atoms with Crippen molar-refractivity contribution in [3.8, 4) is 0 Å². The number of fused-ring (bicyclic) bond motifs is 1. The molecular formula is C16H12N4O2. The van der Waals surface area contributed by atoms with Crippen LogP contribution in [-0.4, -0.2) is 22.1 Å². The van der Waals surface area contributed by atoms with E-state index >= 15 is 0 Å². The Bertz CT molecular complexity index is 842. The van der Waals surface area contributed by atoms with E-state index in [1.807, 2.05) is 24.3 Å². The average Bonchev–Trinajstić information content (AvgIpc) is 3.00. The van der Waals surface area contributed by atoms with Crippen molar-refractivity contribution in [2.75, 3.05) is 0 Å². The third-order valence-corrected chi connectivity index (χ3v) is 2.86. The lowest BCUT2D eigenvalue weighted by Crippen LogP contribution is -1.73. The summed E-state index contributed by atoms with van der Waals surface area (Å²) in [6.45, 7) is 1.80. The zero-order valence-electron chi connectivity index (χ0n) is 11.8. The molecule has 6 nitrogen and oxygen atoms in total. The lowest BCUT2D eigenvalue weighted by Gasteiger charge is -1.97. The third kappa shape index (κ3) is 3.84. The molecule has 0 atom stereocenters. The largest absolute Gasteiger partial charge is 0.345 e. The summed E-state index contributed by atoms with van der Waals surface area (Å²) in [5, 5.41) is 0. The lowest BCUT2D eigenvalue weighted by molar-refractivity contribution is 0.565. The van der Waals surface area contributed by atoms with E-state index in [4.69, 9.17) is 0 Å². The van der Waals surface area contributed by atoms with Crippen molar-refractivity contribution < 1.29 is 9.59 Å². The van der Waals surface area contributed by atoms with Crippen molar-refractivity contribution in [2.24, 2.45) is 9.98 Å². The Kier molecular flexibility index (Phi) is 5.10. The first-order valence-corrected chi connectivity index (χ1v) is 6.39. The first kappa shape index (κ1) is 15.1. The highest BCUT2D eigenvalue weighted by molar-refractivity contribution is 5.73. The fourth-order valence-corrected chi connectivity index (χ4v) is 1.77. The first-order valence-electron chi connectivity index (χ1n) is 6.39. The SMILES string of the molecule is Cc1ccc(N=C=O)cc1N=C=O.c1ccc2[nH]cnc2c1. The van der Waals surface area contributed by atoms with Crippen LogP contribution in [0, 0.1) is 6.92 Å². The maximum atomic E-state index is 10.00. The van der Waals surface area contributed by atoms with Crippen LogP contribution in [0.1, 0.15) is 5.56 Å². The van der Waals surface area contributed by atoms with E-state index in [1.165, 1.54) is 18.2 Å². The molecule has 0 saturated heterocycles. The predicted molar refractivity (Wildman–Crippen MR) is 82.8 cm³/mol. The highest BCUT2D eigenvalue weighted by Crippen LogP contribution is 2.23. The molecule has 0 amide bonds. The van der Waals surface area contributed by atoms with Crippen molar-refractivity contribution >= 4 is 34.6 Å². The van der Waals surface area contributed by atoms with Crippen molar-refractivity contribution in [2.45, 2.75) is 6.92 Å². The van der Waals surface area contributed by atoms with Gasteiger partial charge in [0, 0.05) is 0 Å². The summed E-state index contributed by atoms with van der Waals surface area (Å²) in [4.78, 5) is 33.8. The minimum atomic E-state index is 0.426. The maximum Gasteiger partial charge on any atom is 0.240 e. The van der Waals surface area contributed by atoms with Gasteiger partial charge in [-0.05, 0) is 36.8 Å². The molecule has 6 heteroatoms. The Morgan fingerprint density at radius 2 is 1.82 bits per heavy atom. The molecule has 2 aromatic carbocycles. The van der Waals surface area contributed by atoms with Crippen molar-refractivity contribution in [1.82, 2.24) is 9.97 Å². The van der Waals surface area contributed by atoms with Crippen LogP contribution in [0.3, 0.4) is 0 Å². The average molecular weight is 292 g/mol. The number of aromatic nitrogens is 2. The van der Waals surface area contributed by atoms with Gasteiger partial charge in [0.15, 0.2) is 0 Å². The van der Waals surface area contributed by atoms with Gasteiger partial charge in [-0.3, -0.25) is 0 Å². The fraction of sp³-hybridized carbons (Fsp3) is 0.0625. The Labute approximate surface area is 126 Å². The summed E-state index contributed by atoms with van der Waals surface area (Å²) in [6.07, 6.45) is 4.54. The Balaban J connectivity index is 0.000000170. The molecule has 0 aliphatic carbocycles. The highest BCUT2D eigenvalue weighted by Gasteiger charge is 1.97. The zero-order chi connectivity index (χ0) is 15.8. The molecule has 0 saturated carbocycles. The number of aromatic amines is 1. The van der Waals surface area contributed by atoms with Crippen LogP contribution in [0.2, 0.25) is 0 Å². The molecular weight excluding hydrogens is 280 g/mol. The summed E-state index contributed by atoms with van der Waals surface area (Å²) >= 11 is 0. The lowest BCUT2D eigenvalue weighted by atomic mass is 10.2. The number of H-pyrrole nitrogens is 1. The minimum Gasteiger partial charge on any atom is -0.345 e. The molecule has 0 spiro atoms. The van der Waals surface area contributed by atoms with Crippen LogP contribution in [0.15, 0.2) is 58.8 Å². The molecule has 1 aromatic heterocycles. The Morgan fingerprint density at radius 3 is 2.55 bits per heavy atom. The van der Waals surface area contributed by atoms with Gasteiger partial charge in [0.25, 0.3) is 0 Å². The number of nitrogens with zero attached hydrogens (tertiary/aromatic N) is 3. The molecule has 0 bridgehead atoms. The van der Waals surface area contributed by atoms with Crippen LogP contribution < -0.4 is 0 Å². The number of isocyanates is 2. The Morgan fingerprint density at radius 1 is 1.05 bits per heavy atom. The van der Waals surface area contributed by atoms with Gasteiger partial charge in [-0.25, -0.2) is 14.6 Å². The van der Waals surface area contributed by atoms with E-state index in [0.717, 1.165) is 16.6 Å². The number of aryl methyl sites for hydroxylation is 1. The number of para-hydroxylation sites is 2. The smallest absolute Gasteiger partial charge is 0.240 e. The quantitative estimate of drug-likeness (QED) is 0.579. The second kappa shape index (κ2) is 7.45. The maximum absolute atomic E-state index is 10.00. The molecule has 0 radical (unpaired) electrons. The second-order valence-electron chi connectivity index (χ2n) is 4.30. The van der Waals surface area contributed by atoms with Crippen LogP contribution in [0.5, 0.6) is 0 Å². The van der Waals surface area contributed by atoms with Gasteiger partial charge in [0.1, 0.15) is 0 Å². The number of nitrogens with one attached hydrogen (secondary N) is 1. The minimum absolute atomic E-state index is 0.426. The monoisotopic (exact) mass is 292 g/mol. The summed E-state index contributed by atoms with van der Waals surface area (Å²) < 4.78 is 0.